The largest absolute Gasteiger partial charge is 0.348 e. The maximum Gasteiger partial charge on any atom is 0.255 e. The third-order valence-electron chi connectivity index (χ3n) is 6.10. The highest BCUT2D eigenvalue weighted by molar-refractivity contribution is 5.94. The Kier molecular flexibility index (Phi) is 4.63. The number of H-pyrrole nitrogens is 1. The van der Waals surface area contributed by atoms with Crippen molar-refractivity contribution in [3.8, 4) is 0 Å². The first-order valence-corrected chi connectivity index (χ1v) is 9.79. The van der Waals surface area contributed by atoms with E-state index in [1.165, 1.54) is 22.0 Å². The van der Waals surface area contributed by atoms with Gasteiger partial charge in [0, 0.05) is 51.1 Å². The molecule has 144 valence electrons. The predicted octanol–water partition coefficient (Wildman–Crippen LogP) is 1.51. The van der Waals surface area contributed by atoms with Gasteiger partial charge in [-0.2, -0.15) is 0 Å². The number of rotatable bonds is 3. The molecule has 2 aromatic heterocycles. The lowest BCUT2D eigenvalue weighted by Gasteiger charge is -2.50. The summed E-state index contributed by atoms with van der Waals surface area (Å²) in [4.78, 5) is 37.0. The van der Waals surface area contributed by atoms with E-state index in [0.717, 1.165) is 38.8 Å². The lowest BCUT2D eigenvalue weighted by Crippen LogP contribution is -2.57. The molecule has 27 heavy (non-hydrogen) atoms. The first-order valence-electron chi connectivity index (χ1n) is 9.79. The van der Waals surface area contributed by atoms with E-state index in [-0.39, 0.29) is 17.0 Å². The van der Waals surface area contributed by atoms with Crippen LogP contribution in [0.5, 0.6) is 0 Å². The second kappa shape index (κ2) is 6.96. The van der Waals surface area contributed by atoms with E-state index in [1.54, 1.807) is 19.3 Å². The monoisotopic (exact) mass is 369 g/mol. The standard InChI is InChI=1S/C20H27N5O2/c1-3-9-25-10-6-16-18(22-14-21-16)20(25)7-11-24(12-8-20)19(27)15-4-5-17(26)23(2)13-15/h4-5,13-14H,3,6-12H2,1-2H3,(H,21,22). The minimum Gasteiger partial charge on any atom is -0.348 e. The quantitative estimate of drug-likeness (QED) is 0.890. The molecule has 1 fully saturated rings. The molecule has 1 amide bonds. The molecule has 7 nitrogen and oxygen atoms in total. The number of aromatic amines is 1. The Labute approximate surface area is 159 Å². The van der Waals surface area contributed by atoms with Crippen molar-refractivity contribution in [2.24, 2.45) is 7.05 Å². The Morgan fingerprint density at radius 1 is 1.26 bits per heavy atom. The van der Waals surface area contributed by atoms with Crippen LogP contribution in [-0.2, 0) is 19.0 Å². The van der Waals surface area contributed by atoms with E-state index in [9.17, 15) is 9.59 Å². The van der Waals surface area contributed by atoms with Gasteiger partial charge in [0.05, 0.1) is 23.1 Å². The molecular formula is C20H27N5O2. The van der Waals surface area contributed by atoms with E-state index in [2.05, 4.69) is 21.8 Å². The van der Waals surface area contributed by atoms with Gasteiger partial charge in [-0.1, -0.05) is 6.92 Å². The Bertz CT molecular complexity index is 892. The molecule has 0 aliphatic carbocycles. The van der Waals surface area contributed by atoms with Crippen LogP contribution in [0.2, 0.25) is 0 Å². The fraction of sp³-hybridized carbons (Fsp3) is 0.550. The van der Waals surface area contributed by atoms with Gasteiger partial charge in [0.15, 0.2) is 0 Å². The third kappa shape index (κ3) is 3.00. The van der Waals surface area contributed by atoms with Gasteiger partial charge in [-0.05, 0) is 31.9 Å². The lowest BCUT2D eigenvalue weighted by atomic mass is 9.78. The summed E-state index contributed by atoms with van der Waals surface area (Å²) in [6.07, 6.45) is 7.35. The van der Waals surface area contributed by atoms with Crippen LogP contribution in [0.3, 0.4) is 0 Å². The van der Waals surface area contributed by atoms with Crippen molar-refractivity contribution in [1.29, 1.82) is 0 Å². The molecule has 4 rings (SSSR count). The maximum atomic E-state index is 12.9. The van der Waals surface area contributed by atoms with Crippen LogP contribution in [0.25, 0.3) is 0 Å². The minimum absolute atomic E-state index is 0.000511. The average molecular weight is 369 g/mol. The zero-order valence-corrected chi connectivity index (χ0v) is 16.1. The van der Waals surface area contributed by atoms with Crippen LogP contribution in [-0.4, -0.2) is 56.4 Å². The molecule has 0 bridgehead atoms. The summed E-state index contributed by atoms with van der Waals surface area (Å²) in [7, 11) is 1.67. The van der Waals surface area contributed by atoms with Crippen molar-refractivity contribution in [2.45, 2.75) is 38.1 Å². The molecule has 2 aromatic rings. The van der Waals surface area contributed by atoms with Gasteiger partial charge in [0.25, 0.3) is 5.91 Å². The van der Waals surface area contributed by atoms with E-state index < -0.39 is 0 Å². The number of fused-ring (bicyclic) bond motifs is 2. The van der Waals surface area contributed by atoms with Crippen LogP contribution in [0.1, 0.15) is 47.9 Å². The highest BCUT2D eigenvalue weighted by atomic mass is 16.2. The normalized spacial score (nSPS) is 19.3. The molecule has 0 atom stereocenters. The van der Waals surface area contributed by atoms with Gasteiger partial charge in [0.1, 0.15) is 0 Å². The van der Waals surface area contributed by atoms with Crippen molar-refractivity contribution in [1.82, 2.24) is 24.3 Å². The number of aryl methyl sites for hydroxylation is 1. The van der Waals surface area contributed by atoms with Crippen LogP contribution in [0.15, 0.2) is 29.5 Å². The van der Waals surface area contributed by atoms with E-state index in [4.69, 9.17) is 0 Å². The van der Waals surface area contributed by atoms with E-state index in [1.807, 2.05) is 11.2 Å². The number of imidazole rings is 1. The Morgan fingerprint density at radius 2 is 2.04 bits per heavy atom. The van der Waals surface area contributed by atoms with Crippen molar-refractivity contribution >= 4 is 5.91 Å². The molecule has 0 aromatic carbocycles. The van der Waals surface area contributed by atoms with Crippen LogP contribution in [0, 0.1) is 0 Å². The number of aromatic nitrogens is 3. The number of carbonyl (C=O) groups excluding carboxylic acids is 1. The smallest absolute Gasteiger partial charge is 0.255 e. The summed E-state index contributed by atoms with van der Waals surface area (Å²) in [6.45, 7) is 5.72. The van der Waals surface area contributed by atoms with Crippen LogP contribution >= 0.6 is 0 Å². The van der Waals surface area contributed by atoms with Crippen LogP contribution in [0.4, 0.5) is 0 Å². The zero-order chi connectivity index (χ0) is 19.0. The molecule has 2 aliphatic heterocycles. The zero-order valence-electron chi connectivity index (χ0n) is 16.1. The molecule has 1 N–H and O–H groups in total. The summed E-state index contributed by atoms with van der Waals surface area (Å²) < 4.78 is 1.46. The van der Waals surface area contributed by atoms with Crippen molar-refractivity contribution in [3.63, 3.8) is 0 Å². The second-order valence-corrected chi connectivity index (χ2v) is 7.66. The van der Waals surface area contributed by atoms with Crippen molar-refractivity contribution in [3.05, 3.63) is 52.0 Å². The average Bonchev–Trinajstić information content (AvgIpc) is 3.16. The Morgan fingerprint density at radius 3 is 2.74 bits per heavy atom. The molecule has 0 saturated carbocycles. The molecule has 2 aliphatic rings. The molecular weight excluding hydrogens is 342 g/mol. The number of nitrogens with zero attached hydrogens (tertiary/aromatic N) is 4. The van der Waals surface area contributed by atoms with E-state index >= 15 is 0 Å². The molecule has 0 radical (unpaired) electrons. The SMILES string of the molecule is CCCN1CCc2[nH]cnc2C12CCN(C(=O)c1ccc(=O)n(C)c1)CC2. The minimum atomic E-state index is -0.104. The number of likely N-dealkylation sites (tertiary alicyclic amines) is 1. The first kappa shape index (κ1) is 18.0. The number of nitrogens with one attached hydrogen (secondary N) is 1. The summed E-state index contributed by atoms with van der Waals surface area (Å²) in [5.74, 6) is 0.000511. The molecule has 0 unspecified atom stereocenters. The fourth-order valence-electron chi connectivity index (χ4n) is 4.65. The topological polar surface area (TPSA) is 74.2 Å². The third-order valence-corrected chi connectivity index (χ3v) is 6.10. The maximum absolute atomic E-state index is 12.9. The number of piperidine rings is 1. The number of pyridine rings is 1. The van der Waals surface area contributed by atoms with Gasteiger partial charge in [-0.15, -0.1) is 0 Å². The number of carbonyl (C=O) groups is 1. The first-order chi connectivity index (χ1) is 13.0. The fourth-order valence-corrected chi connectivity index (χ4v) is 4.65. The van der Waals surface area contributed by atoms with Crippen molar-refractivity contribution < 1.29 is 4.79 Å². The molecule has 4 heterocycles. The summed E-state index contributed by atoms with van der Waals surface area (Å²) in [5, 5.41) is 0. The van der Waals surface area contributed by atoms with E-state index in [0.29, 0.717) is 18.7 Å². The molecule has 1 saturated heterocycles. The molecule has 7 heteroatoms. The summed E-state index contributed by atoms with van der Waals surface area (Å²) in [5.41, 5.74) is 2.83. The lowest BCUT2D eigenvalue weighted by molar-refractivity contribution is 0.00706. The summed E-state index contributed by atoms with van der Waals surface area (Å²) >= 11 is 0. The Hall–Kier alpha value is -2.41. The number of amides is 1. The predicted molar refractivity (Wildman–Crippen MR) is 103 cm³/mol. The number of hydrogen-bond donors (Lipinski definition) is 1. The van der Waals surface area contributed by atoms with Gasteiger partial charge in [0.2, 0.25) is 5.56 Å². The highest BCUT2D eigenvalue weighted by Crippen LogP contribution is 2.42. The van der Waals surface area contributed by atoms with Gasteiger partial charge < -0.3 is 14.5 Å². The second-order valence-electron chi connectivity index (χ2n) is 7.66. The van der Waals surface area contributed by atoms with Gasteiger partial charge in [-0.25, -0.2) is 4.98 Å². The Balaban J connectivity index is 1.56. The van der Waals surface area contributed by atoms with Gasteiger partial charge >= 0.3 is 0 Å². The summed E-state index contributed by atoms with van der Waals surface area (Å²) in [6, 6.07) is 3.09. The molecule has 1 spiro atoms. The highest BCUT2D eigenvalue weighted by Gasteiger charge is 2.46. The van der Waals surface area contributed by atoms with Gasteiger partial charge in [-0.3, -0.25) is 14.5 Å². The number of hydrogen-bond acceptors (Lipinski definition) is 4. The van der Waals surface area contributed by atoms with Crippen molar-refractivity contribution in [2.75, 3.05) is 26.2 Å². The van der Waals surface area contributed by atoms with Crippen LogP contribution < -0.4 is 5.56 Å².